The fraction of sp³-hybridized carbons (Fsp3) is 0.727. The summed E-state index contributed by atoms with van der Waals surface area (Å²) in [5.41, 5.74) is 8.40. The molecule has 0 bridgehead atoms. The number of rotatable bonds is 2. The van der Waals surface area contributed by atoms with Crippen molar-refractivity contribution in [1.82, 2.24) is 10.2 Å². The summed E-state index contributed by atoms with van der Waals surface area (Å²) in [5, 5.41) is 7.24. The summed E-state index contributed by atoms with van der Waals surface area (Å²) >= 11 is 0. The molecule has 14 heavy (non-hydrogen) atoms. The van der Waals surface area contributed by atoms with Gasteiger partial charge in [-0.2, -0.15) is 5.10 Å². The third-order valence-corrected chi connectivity index (χ3v) is 3.20. The van der Waals surface area contributed by atoms with E-state index in [-0.39, 0.29) is 6.04 Å². The lowest BCUT2D eigenvalue weighted by molar-refractivity contribution is 0.433. The first-order valence-corrected chi connectivity index (χ1v) is 5.58. The van der Waals surface area contributed by atoms with Crippen LogP contribution in [-0.4, -0.2) is 10.2 Å². The van der Waals surface area contributed by atoms with Gasteiger partial charge in [0.25, 0.3) is 0 Å². The maximum Gasteiger partial charge on any atom is 0.0537 e. The van der Waals surface area contributed by atoms with E-state index in [9.17, 15) is 0 Å². The van der Waals surface area contributed by atoms with Crippen molar-refractivity contribution in [2.75, 3.05) is 0 Å². The Kier molecular flexibility index (Phi) is 2.87. The number of nitrogens with one attached hydrogen (secondary N) is 1. The number of hydrogen-bond acceptors (Lipinski definition) is 2. The van der Waals surface area contributed by atoms with Crippen LogP contribution in [0, 0.1) is 0 Å². The second-order valence-electron chi connectivity index (χ2n) is 4.36. The number of hydrogen-bond donors (Lipinski definition) is 2. The van der Waals surface area contributed by atoms with Crippen LogP contribution in [0.4, 0.5) is 0 Å². The Morgan fingerprint density at radius 1 is 1.43 bits per heavy atom. The van der Waals surface area contributed by atoms with Gasteiger partial charge in [0.15, 0.2) is 0 Å². The fourth-order valence-corrected chi connectivity index (χ4v) is 2.39. The highest BCUT2D eigenvalue weighted by molar-refractivity contribution is 5.23. The molecular weight excluding hydrogens is 174 g/mol. The van der Waals surface area contributed by atoms with Crippen molar-refractivity contribution in [2.45, 2.75) is 51.0 Å². The molecule has 1 aromatic rings. The van der Waals surface area contributed by atoms with Crippen LogP contribution in [0.1, 0.15) is 62.2 Å². The normalized spacial score (nSPS) is 21.0. The Labute approximate surface area is 85.1 Å². The van der Waals surface area contributed by atoms with E-state index in [2.05, 4.69) is 10.2 Å². The third-order valence-electron chi connectivity index (χ3n) is 3.20. The lowest BCUT2D eigenvalue weighted by Gasteiger charge is -2.22. The van der Waals surface area contributed by atoms with E-state index < -0.39 is 0 Å². The highest BCUT2D eigenvalue weighted by Gasteiger charge is 2.21. The van der Waals surface area contributed by atoms with Gasteiger partial charge in [-0.15, -0.1) is 0 Å². The van der Waals surface area contributed by atoms with E-state index >= 15 is 0 Å². The van der Waals surface area contributed by atoms with Crippen LogP contribution in [0.3, 0.4) is 0 Å². The predicted molar refractivity (Wildman–Crippen MR) is 57.0 cm³/mol. The average molecular weight is 193 g/mol. The minimum Gasteiger partial charge on any atom is -0.324 e. The van der Waals surface area contributed by atoms with Gasteiger partial charge in [-0.25, -0.2) is 0 Å². The van der Waals surface area contributed by atoms with Crippen molar-refractivity contribution >= 4 is 0 Å². The number of aromatic amines is 1. The molecule has 1 unspecified atom stereocenters. The molecule has 3 heteroatoms. The highest BCUT2D eigenvalue weighted by Crippen LogP contribution is 2.34. The number of nitrogens with two attached hydrogens (primary N) is 1. The summed E-state index contributed by atoms with van der Waals surface area (Å²) in [7, 11) is 0. The topological polar surface area (TPSA) is 54.7 Å². The van der Waals surface area contributed by atoms with Crippen molar-refractivity contribution < 1.29 is 0 Å². The van der Waals surface area contributed by atoms with E-state index in [1.54, 1.807) is 0 Å². The minimum atomic E-state index is 0.102. The molecule has 1 fully saturated rings. The molecule has 0 aliphatic heterocycles. The Morgan fingerprint density at radius 3 is 2.79 bits per heavy atom. The molecule has 2 rings (SSSR count). The summed E-state index contributed by atoms with van der Waals surface area (Å²) in [6.07, 6.45) is 8.56. The molecule has 3 N–H and O–H groups in total. The molecule has 1 aliphatic rings. The molecule has 1 aromatic heterocycles. The quantitative estimate of drug-likeness (QED) is 0.758. The van der Waals surface area contributed by atoms with Gasteiger partial charge in [0.05, 0.1) is 6.20 Å². The van der Waals surface area contributed by atoms with Crippen LogP contribution in [0.15, 0.2) is 6.20 Å². The zero-order chi connectivity index (χ0) is 9.97. The zero-order valence-electron chi connectivity index (χ0n) is 8.79. The Morgan fingerprint density at radius 2 is 2.14 bits per heavy atom. The van der Waals surface area contributed by atoms with E-state index in [0.29, 0.717) is 5.92 Å². The predicted octanol–water partition coefficient (Wildman–Crippen LogP) is 2.48. The van der Waals surface area contributed by atoms with Gasteiger partial charge < -0.3 is 5.73 Å². The number of H-pyrrole nitrogens is 1. The van der Waals surface area contributed by atoms with E-state index in [1.165, 1.54) is 43.4 Å². The molecule has 1 saturated carbocycles. The molecule has 3 nitrogen and oxygen atoms in total. The monoisotopic (exact) mass is 193 g/mol. The molecule has 0 amide bonds. The molecule has 0 spiro atoms. The molecule has 78 valence electrons. The first-order chi connectivity index (χ1) is 6.79. The van der Waals surface area contributed by atoms with Gasteiger partial charge in [-0.05, 0) is 19.8 Å². The van der Waals surface area contributed by atoms with Crippen LogP contribution < -0.4 is 5.73 Å². The molecule has 1 heterocycles. The number of aromatic nitrogens is 2. The lowest BCUT2D eigenvalue weighted by Crippen LogP contribution is -2.12. The average Bonchev–Trinajstić information content (AvgIpc) is 2.67. The van der Waals surface area contributed by atoms with Gasteiger partial charge in [-0.3, -0.25) is 5.10 Å². The van der Waals surface area contributed by atoms with Crippen molar-refractivity contribution in [2.24, 2.45) is 5.73 Å². The second-order valence-corrected chi connectivity index (χ2v) is 4.36. The van der Waals surface area contributed by atoms with Crippen molar-refractivity contribution in [3.05, 3.63) is 17.5 Å². The summed E-state index contributed by atoms with van der Waals surface area (Å²) in [6, 6.07) is 0.102. The second kappa shape index (κ2) is 4.13. The lowest BCUT2D eigenvalue weighted by atomic mass is 9.85. The molecular formula is C11H19N3. The van der Waals surface area contributed by atoms with Crippen molar-refractivity contribution in [3.63, 3.8) is 0 Å². The third kappa shape index (κ3) is 1.82. The minimum absolute atomic E-state index is 0.102. The van der Waals surface area contributed by atoms with Gasteiger partial charge in [0, 0.05) is 23.2 Å². The van der Waals surface area contributed by atoms with Crippen LogP contribution in [0.2, 0.25) is 0 Å². The smallest absolute Gasteiger partial charge is 0.0537 e. The van der Waals surface area contributed by atoms with Gasteiger partial charge in [-0.1, -0.05) is 19.3 Å². The summed E-state index contributed by atoms with van der Waals surface area (Å²) in [6.45, 7) is 2.02. The van der Waals surface area contributed by atoms with Gasteiger partial charge in [0.2, 0.25) is 0 Å². The number of nitrogens with zero attached hydrogens (tertiary/aromatic N) is 1. The zero-order valence-corrected chi connectivity index (χ0v) is 8.79. The Balaban J connectivity index is 2.17. The maximum atomic E-state index is 5.91. The van der Waals surface area contributed by atoms with Gasteiger partial charge >= 0.3 is 0 Å². The molecule has 1 atom stereocenters. The maximum absolute atomic E-state index is 5.91. The summed E-state index contributed by atoms with van der Waals surface area (Å²) in [4.78, 5) is 0. The summed E-state index contributed by atoms with van der Waals surface area (Å²) < 4.78 is 0. The molecule has 0 saturated heterocycles. The standard InChI is InChI=1S/C11H19N3/c1-8(12)10-7-13-14-11(10)9-5-3-2-4-6-9/h7-9H,2-6,12H2,1H3,(H,13,14). The Hall–Kier alpha value is -0.830. The Bertz CT molecular complexity index is 284. The van der Waals surface area contributed by atoms with Crippen LogP contribution in [0.5, 0.6) is 0 Å². The van der Waals surface area contributed by atoms with Crippen LogP contribution in [0.25, 0.3) is 0 Å². The SMILES string of the molecule is CC(N)c1cn[nH]c1C1CCCCC1. The van der Waals surface area contributed by atoms with Crippen molar-refractivity contribution in [3.8, 4) is 0 Å². The fourth-order valence-electron chi connectivity index (χ4n) is 2.39. The first-order valence-electron chi connectivity index (χ1n) is 5.58. The highest BCUT2D eigenvalue weighted by atomic mass is 15.1. The van der Waals surface area contributed by atoms with Crippen LogP contribution >= 0.6 is 0 Å². The molecule has 1 aliphatic carbocycles. The van der Waals surface area contributed by atoms with E-state index in [0.717, 1.165) is 0 Å². The van der Waals surface area contributed by atoms with E-state index in [4.69, 9.17) is 5.73 Å². The first kappa shape index (κ1) is 9.71. The van der Waals surface area contributed by atoms with E-state index in [1.807, 2.05) is 13.1 Å². The molecule has 0 aromatic carbocycles. The largest absolute Gasteiger partial charge is 0.324 e. The molecule has 0 radical (unpaired) electrons. The van der Waals surface area contributed by atoms with Crippen molar-refractivity contribution in [1.29, 1.82) is 0 Å². The van der Waals surface area contributed by atoms with Gasteiger partial charge in [0.1, 0.15) is 0 Å². The van der Waals surface area contributed by atoms with Crippen LogP contribution in [-0.2, 0) is 0 Å². The summed E-state index contributed by atoms with van der Waals surface area (Å²) in [5.74, 6) is 0.673.